The van der Waals surface area contributed by atoms with Crippen LogP contribution < -0.4 is 20.3 Å². The number of nitrogens with one attached hydrogen (secondary N) is 2. The van der Waals surface area contributed by atoms with Crippen LogP contribution in [-0.4, -0.2) is 86.1 Å². The Hall–Kier alpha value is -5.15. The second-order valence-electron chi connectivity index (χ2n) is 14.5. The van der Waals surface area contributed by atoms with Crippen molar-refractivity contribution in [3.8, 4) is 5.75 Å². The van der Waals surface area contributed by atoms with Crippen molar-refractivity contribution in [1.82, 2.24) is 24.1 Å². The van der Waals surface area contributed by atoms with E-state index >= 15 is 8.78 Å². The minimum Gasteiger partial charge on any atom is -0.491 e. The number of fused-ring (bicyclic) bond motifs is 2. The molecule has 14 nitrogen and oxygen atoms in total. The van der Waals surface area contributed by atoms with Gasteiger partial charge in [0, 0.05) is 50.5 Å². The van der Waals surface area contributed by atoms with Gasteiger partial charge in [-0.2, -0.15) is 9.49 Å². The summed E-state index contributed by atoms with van der Waals surface area (Å²) in [5.74, 6) is -2.87. The highest BCUT2D eigenvalue weighted by atomic mass is 19.1. The van der Waals surface area contributed by atoms with E-state index in [4.69, 9.17) is 14.2 Å². The van der Waals surface area contributed by atoms with Crippen molar-refractivity contribution < 1.29 is 37.4 Å². The number of aromatic nitrogens is 4. The molecule has 16 heteroatoms. The van der Waals surface area contributed by atoms with Crippen LogP contribution in [0.15, 0.2) is 18.5 Å². The van der Waals surface area contributed by atoms with Crippen LogP contribution >= 0.6 is 0 Å². The predicted octanol–water partition coefficient (Wildman–Crippen LogP) is 6.64. The molecule has 1 fully saturated rings. The molecule has 0 saturated carbocycles. The summed E-state index contributed by atoms with van der Waals surface area (Å²) in [7, 11) is 2.89. The summed E-state index contributed by atoms with van der Waals surface area (Å²) in [6.45, 7) is 15.6. The molecule has 0 spiro atoms. The van der Waals surface area contributed by atoms with Crippen molar-refractivity contribution in [2.75, 3.05) is 42.3 Å². The van der Waals surface area contributed by atoms with Crippen molar-refractivity contribution >= 4 is 51.8 Å². The largest absolute Gasteiger partial charge is 0.491 e. The van der Waals surface area contributed by atoms with Crippen molar-refractivity contribution in [2.45, 2.75) is 85.5 Å². The Morgan fingerprint density at radius 1 is 1.02 bits per heavy atom. The van der Waals surface area contributed by atoms with Crippen LogP contribution in [-0.2, 0) is 16.5 Å². The van der Waals surface area contributed by atoms with Gasteiger partial charge in [-0.05, 0) is 74.3 Å². The zero-order valence-corrected chi connectivity index (χ0v) is 30.7. The normalized spacial score (nSPS) is 14.2. The highest BCUT2D eigenvalue weighted by Gasteiger charge is 2.32. The summed E-state index contributed by atoms with van der Waals surface area (Å²) in [6.07, 6.45) is 3.14. The predicted molar refractivity (Wildman–Crippen MR) is 189 cm³/mol. The van der Waals surface area contributed by atoms with E-state index in [2.05, 4.69) is 20.7 Å². The summed E-state index contributed by atoms with van der Waals surface area (Å²) >= 11 is 0. The minimum atomic E-state index is -0.911. The van der Waals surface area contributed by atoms with Crippen LogP contribution in [0.5, 0.6) is 5.75 Å². The van der Waals surface area contributed by atoms with Gasteiger partial charge in [0.15, 0.2) is 11.4 Å². The van der Waals surface area contributed by atoms with Crippen LogP contribution in [0.2, 0.25) is 0 Å². The molecule has 1 aliphatic rings. The van der Waals surface area contributed by atoms with Gasteiger partial charge in [0.25, 0.3) is 5.91 Å². The molecular weight excluding hydrogens is 666 g/mol. The molecular formula is C35H46F2N8O6. The lowest BCUT2D eigenvalue weighted by Gasteiger charge is -2.39. The van der Waals surface area contributed by atoms with Crippen LogP contribution in [0.1, 0.15) is 77.4 Å². The van der Waals surface area contributed by atoms with E-state index in [1.54, 1.807) is 45.8 Å². The highest BCUT2D eigenvalue weighted by Crippen LogP contribution is 2.37. The summed E-state index contributed by atoms with van der Waals surface area (Å²) in [4.78, 5) is 47.3. The highest BCUT2D eigenvalue weighted by molar-refractivity contribution is 6.14. The topological polar surface area (TPSA) is 145 Å². The average molecular weight is 713 g/mol. The Balaban J connectivity index is 1.44. The number of carbonyl (C=O) groups excluding carboxylic acids is 3. The number of piperidine rings is 1. The first-order valence-electron chi connectivity index (χ1n) is 16.8. The molecule has 0 unspecified atom stereocenters. The number of ether oxygens (including phenoxy) is 3. The quantitative estimate of drug-likeness (QED) is 0.215. The second-order valence-corrected chi connectivity index (χ2v) is 14.5. The molecule has 0 aliphatic carbocycles. The molecule has 1 aromatic carbocycles. The number of hydrogen-bond donors (Lipinski definition) is 2. The Kier molecular flexibility index (Phi) is 10.1. The molecule has 276 valence electrons. The first-order chi connectivity index (χ1) is 23.8. The zero-order valence-electron chi connectivity index (χ0n) is 30.7. The van der Waals surface area contributed by atoms with Gasteiger partial charge in [-0.25, -0.2) is 19.0 Å². The molecule has 0 atom stereocenters. The summed E-state index contributed by atoms with van der Waals surface area (Å²) in [5.41, 5.74) is -1.12. The zero-order chi connectivity index (χ0) is 37.6. The Labute approximate surface area is 295 Å². The number of carbonyl (C=O) groups is 3. The van der Waals surface area contributed by atoms with Crippen LogP contribution in [0, 0.1) is 18.6 Å². The van der Waals surface area contributed by atoms with Crippen molar-refractivity contribution in [3.05, 3.63) is 41.4 Å². The number of benzene rings is 1. The summed E-state index contributed by atoms with van der Waals surface area (Å²) in [6, 6.07) is 1.25. The third-order valence-electron chi connectivity index (χ3n) is 8.34. The molecule has 51 heavy (non-hydrogen) atoms. The molecule has 3 aromatic heterocycles. The summed E-state index contributed by atoms with van der Waals surface area (Å²) < 4.78 is 50.9. The molecule has 5 rings (SSSR count). The van der Waals surface area contributed by atoms with Crippen LogP contribution in [0.3, 0.4) is 0 Å². The molecule has 3 amide bonds. The fourth-order valence-electron chi connectivity index (χ4n) is 6.25. The Morgan fingerprint density at radius 3 is 2.25 bits per heavy atom. The van der Waals surface area contributed by atoms with Gasteiger partial charge >= 0.3 is 12.2 Å². The van der Waals surface area contributed by atoms with E-state index in [0.29, 0.717) is 43.5 Å². The molecule has 0 bridgehead atoms. The van der Waals surface area contributed by atoms with Crippen molar-refractivity contribution in [3.63, 3.8) is 0 Å². The fraction of sp³-hybridized carbons (Fsp3) is 0.514. The van der Waals surface area contributed by atoms with E-state index < -0.39 is 34.8 Å². The van der Waals surface area contributed by atoms with Gasteiger partial charge in [-0.3, -0.25) is 19.2 Å². The van der Waals surface area contributed by atoms with Gasteiger partial charge in [0.1, 0.15) is 39.6 Å². The van der Waals surface area contributed by atoms with Crippen molar-refractivity contribution in [1.29, 1.82) is 0 Å². The van der Waals surface area contributed by atoms with Gasteiger partial charge < -0.3 is 29.3 Å². The number of amides is 3. The molecule has 0 radical (unpaired) electrons. The van der Waals surface area contributed by atoms with Crippen molar-refractivity contribution in [2.24, 2.45) is 7.05 Å². The van der Waals surface area contributed by atoms with Gasteiger partial charge in [-0.1, -0.05) is 0 Å². The first-order valence-corrected chi connectivity index (χ1v) is 16.8. The third-order valence-corrected chi connectivity index (χ3v) is 8.34. The maximum Gasteiger partial charge on any atom is 0.413 e. The number of methoxy groups -OCH3 is 1. The van der Waals surface area contributed by atoms with E-state index in [9.17, 15) is 14.4 Å². The van der Waals surface area contributed by atoms with E-state index in [0.717, 1.165) is 0 Å². The second kappa shape index (κ2) is 13.9. The maximum absolute atomic E-state index is 16.1. The van der Waals surface area contributed by atoms with E-state index in [1.807, 2.05) is 32.6 Å². The monoisotopic (exact) mass is 712 g/mol. The Morgan fingerprint density at radius 2 is 1.67 bits per heavy atom. The minimum absolute atomic E-state index is 0.0489. The molecule has 4 aromatic rings. The van der Waals surface area contributed by atoms with Gasteiger partial charge in [0.05, 0.1) is 18.5 Å². The fourth-order valence-corrected chi connectivity index (χ4v) is 6.25. The smallest absolute Gasteiger partial charge is 0.413 e. The van der Waals surface area contributed by atoms with E-state index in [-0.39, 0.29) is 51.8 Å². The lowest BCUT2D eigenvalue weighted by atomic mass is 10.0. The molecule has 2 N–H and O–H groups in total. The number of halogens is 2. The first kappa shape index (κ1) is 37.1. The number of anilines is 3. The molecule has 1 aliphatic heterocycles. The number of hydrogen-bond acceptors (Lipinski definition) is 9. The lowest BCUT2D eigenvalue weighted by molar-refractivity contribution is 0.0149. The number of aryl methyl sites for hydroxylation is 2. The van der Waals surface area contributed by atoms with Crippen LogP contribution in [0.25, 0.3) is 16.6 Å². The lowest BCUT2D eigenvalue weighted by Crippen LogP contribution is -2.48. The number of imidazole rings is 1. The van der Waals surface area contributed by atoms with Gasteiger partial charge in [-0.15, -0.1) is 0 Å². The standard InChI is InChI=1S/C35H46F2N8O6/c1-11-44(33(48)51-35(6,7)8)20-12-14-43(15-13-20)24-16-22(36)25(27-21(24)17-42(9)41-27)31(46)39-23-18-45-29(40-32(47)50-34(3,4)5)19(2)38-30(45)26(37)28(23)49-10/h16-18,20H,11-15H2,1-10H3,(H,39,46)(H,40,47). The number of pyridine rings is 1. The number of rotatable bonds is 7. The Bertz CT molecular complexity index is 1990. The third kappa shape index (κ3) is 7.78. The molecule has 1 saturated heterocycles. The summed E-state index contributed by atoms with van der Waals surface area (Å²) in [5, 5.41) is 10.1. The van der Waals surface area contributed by atoms with E-state index in [1.165, 1.54) is 28.5 Å². The maximum atomic E-state index is 16.1. The SMILES string of the molecule is CCN(C(=O)OC(C)(C)C)C1CCN(c2cc(F)c(C(=O)Nc3cn4c(NC(=O)OC(C)(C)C)c(C)nc4c(F)c3OC)c3nn(C)cc23)CC1. The van der Waals surface area contributed by atoms with Gasteiger partial charge in [0.2, 0.25) is 5.82 Å². The molecule has 4 heterocycles. The number of nitrogens with zero attached hydrogens (tertiary/aromatic N) is 6. The average Bonchev–Trinajstić information content (AvgIpc) is 3.54. The van der Waals surface area contributed by atoms with Crippen LogP contribution in [0.4, 0.5) is 35.6 Å².